The Morgan fingerprint density at radius 3 is 2.67 bits per heavy atom. The molecule has 3 rings (SSSR count). The lowest BCUT2D eigenvalue weighted by Crippen LogP contribution is -1.95. The molecule has 0 atom stereocenters. The van der Waals surface area contributed by atoms with Gasteiger partial charge in [0.2, 0.25) is 0 Å². The summed E-state index contributed by atoms with van der Waals surface area (Å²) in [6.07, 6.45) is 1.68. The summed E-state index contributed by atoms with van der Waals surface area (Å²) in [6.45, 7) is 0.732. The maximum absolute atomic E-state index is 13.7. The normalized spacial score (nSPS) is 13.0. The van der Waals surface area contributed by atoms with Crippen molar-refractivity contribution in [2.24, 2.45) is 0 Å². The van der Waals surface area contributed by atoms with Gasteiger partial charge in [-0.3, -0.25) is 0 Å². The molecule has 0 fully saturated rings. The Labute approximate surface area is 126 Å². The molecule has 0 spiro atoms. The Balaban J connectivity index is 1.64. The molecule has 21 heavy (non-hydrogen) atoms. The van der Waals surface area contributed by atoms with Crippen LogP contribution in [0.15, 0.2) is 35.2 Å². The highest BCUT2D eigenvalue weighted by Gasteiger charge is 2.13. The molecule has 0 saturated heterocycles. The molecule has 0 aliphatic carbocycles. The Bertz CT molecular complexity index is 652. The average molecular weight is 307 g/mol. The minimum Gasteiger partial charge on any atom is -0.493 e. The predicted octanol–water partition coefficient (Wildman–Crippen LogP) is 3.82. The zero-order chi connectivity index (χ0) is 14.8. The smallest absolute Gasteiger partial charge is 0.141 e. The average Bonchev–Trinajstić information content (AvgIpc) is 2.89. The number of anilines is 1. The number of thioether (sulfide) groups is 1. The van der Waals surface area contributed by atoms with Gasteiger partial charge in [-0.1, -0.05) is 12.1 Å². The quantitative estimate of drug-likeness (QED) is 0.689. The number of benzene rings is 2. The summed E-state index contributed by atoms with van der Waals surface area (Å²) in [5.41, 5.74) is 7.87. The van der Waals surface area contributed by atoms with Gasteiger partial charge in [-0.05, 0) is 35.7 Å². The maximum atomic E-state index is 13.7. The molecular weight excluding hydrogens is 292 g/mol. The number of hydrogen-bond donors (Lipinski definition) is 1. The van der Waals surface area contributed by atoms with E-state index in [9.17, 15) is 8.78 Å². The zero-order valence-electron chi connectivity index (χ0n) is 11.4. The molecule has 0 radical (unpaired) electrons. The standard InChI is InChI=1S/C16H15F2NOS/c17-13-8-12(19)9-14(18)16(13)21-6-4-10-1-2-15-11(7-10)3-5-20-15/h1-2,7-9H,3-6,19H2. The van der Waals surface area contributed by atoms with Gasteiger partial charge in [0.15, 0.2) is 0 Å². The van der Waals surface area contributed by atoms with E-state index >= 15 is 0 Å². The van der Waals surface area contributed by atoms with E-state index in [0.717, 1.165) is 42.9 Å². The van der Waals surface area contributed by atoms with Crippen molar-refractivity contribution in [2.75, 3.05) is 18.1 Å². The SMILES string of the molecule is Nc1cc(F)c(SCCc2ccc3c(c2)CCO3)c(F)c1. The Morgan fingerprint density at radius 2 is 1.90 bits per heavy atom. The van der Waals surface area contributed by atoms with Crippen molar-refractivity contribution in [3.05, 3.63) is 53.1 Å². The van der Waals surface area contributed by atoms with E-state index in [2.05, 4.69) is 6.07 Å². The van der Waals surface area contributed by atoms with E-state index in [4.69, 9.17) is 10.5 Å². The first-order valence-corrected chi connectivity index (χ1v) is 7.74. The fraction of sp³-hybridized carbons (Fsp3) is 0.250. The largest absolute Gasteiger partial charge is 0.493 e. The van der Waals surface area contributed by atoms with Crippen LogP contribution in [-0.4, -0.2) is 12.4 Å². The van der Waals surface area contributed by atoms with E-state index < -0.39 is 11.6 Å². The van der Waals surface area contributed by atoms with Gasteiger partial charge in [-0.25, -0.2) is 8.78 Å². The minimum absolute atomic E-state index is 0.0358. The van der Waals surface area contributed by atoms with E-state index in [1.807, 2.05) is 12.1 Å². The van der Waals surface area contributed by atoms with Crippen molar-refractivity contribution in [3.63, 3.8) is 0 Å². The second kappa shape index (κ2) is 5.93. The van der Waals surface area contributed by atoms with Crippen molar-refractivity contribution < 1.29 is 13.5 Å². The van der Waals surface area contributed by atoms with Gasteiger partial charge < -0.3 is 10.5 Å². The number of aryl methyl sites for hydroxylation is 1. The Hall–Kier alpha value is -1.75. The van der Waals surface area contributed by atoms with Crippen LogP contribution in [0.4, 0.5) is 14.5 Å². The molecule has 0 saturated carbocycles. The fourth-order valence-corrected chi connectivity index (χ4v) is 3.32. The molecule has 0 amide bonds. The predicted molar refractivity (Wildman–Crippen MR) is 80.8 cm³/mol. The molecule has 2 aromatic carbocycles. The van der Waals surface area contributed by atoms with E-state index in [0.29, 0.717) is 5.75 Å². The van der Waals surface area contributed by atoms with E-state index in [1.165, 1.54) is 17.3 Å². The van der Waals surface area contributed by atoms with Gasteiger partial charge in [0.1, 0.15) is 17.4 Å². The molecule has 1 heterocycles. The zero-order valence-corrected chi connectivity index (χ0v) is 12.2. The molecule has 0 unspecified atom stereocenters. The Morgan fingerprint density at radius 1 is 1.14 bits per heavy atom. The van der Waals surface area contributed by atoms with Crippen molar-refractivity contribution in [1.29, 1.82) is 0 Å². The summed E-state index contributed by atoms with van der Waals surface area (Å²) in [4.78, 5) is 0.0358. The molecule has 5 heteroatoms. The summed E-state index contributed by atoms with van der Waals surface area (Å²) in [7, 11) is 0. The highest BCUT2D eigenvalue weighted by molar-refractivity contribution is 7.99. The van der Waals surface area contributed by atoms with Gasteiger partial charge in [0, 0.05) is 17.9 Å². The van der Waals surface area contributed by atoms with Crippen LogP contribution in [0.25, 0.3) is 0 Å². The fourth-order valence-electron chi connectivity index (χ4n) is 2.38. The lowest BCUT2D eigenvalue weighted by atomic mass is 10.1. The number of halogens is 2. The van der Waals surface area contributed by atoms with Gasteiger partial charge in [0.25, 0.3) is 0 Å². The third-order valence-electron chi connectivity index (χ3n) is 3.41. The second-order valence-electron chi connectivity index (χ2n) is 4.95. The summed E-state index contributed by atoms with van der Waals surface area (Å²) >= 11 is 1.17. The van der Waals surface area contributed by atoms with Crippen molar-refractivity contribution in [3.8, 4) is 5.75 Å². The third kappa shape index (κ3) is 3.13. The highest BCUT2D eigenvalue weighted by Crippen LogP contribution is 2.29. The van der Waals surface area contributed by atoms with Crippen LogP contribution in [0.5, 0.6) is 5.75 Å². The first-order chi connectivity index (χ1) is 10.1. The van der Waals surface area contributed by atoms with Crippen LogP contribution in [0.3, 0.4) is 0 Å². The van der Waals surface area contributed by atoms with Crippen LogP contribution in [-0.2, 0) is 12.8 Å². The van der Waals surface area contributed by atoms with Crippen LogP contribution in [0.2, 0.25) is 0 Å². The van der Waals surface area contributed by atoms with Crippen LogP contribution in [0.1, 0.15) is 11.1 Å². The van der Waals surface area contributed by atoms with Crippen molar-refractivity contribution in [2.45, 2.75) is 17.7 Å². The number of fused-ring (bicyclic) bond motifs is 1. The molecule has 1 aliphatic rings. The number of ether oxygens (including phenoxy) is 1. The van der Waals surface area contributed by atoms with Gasteiger partial charge >= 0.3 is 0 Å². The van der Waals surface area contributed by atoms with Crippen LogP contribution in [0, 0.1) is 11.6 Å². The first-order valence-electron chi connectivity index (χ1n) is 6.75. The van der Waals surface area contributed by atoms with Crippen LogP contribution >= 0.6 is 11.8 Å². The van der Waals surface area contributed by atoms with Gasteiger partial charge in [0.05, 0.1) is 11.5 Å². The topological polar surface area (TPSA) is 35.2 Å². The lowest BCUT2D eigenvalue weighted by Gasteiger charge is -2.07. The summed E-state index contributed by atoms with van der Waals surface area (Å²) in [5, 5.41) is 0. The summed E-state index contributed by atoms with van der Waals surface area (Å²) in [6, 6.07) is 8.38. The van der Waals surface area contributed by atoms with Gasteiger partial charge in [-0.15, -0.1) is 11.8 Å². The summed E-state index contributed by atoms with van der Waals surface area (Å²) < 4.78 is 32.8. The molecule has 1 aliphatic heterocycles. The minimum atomic E-state index is -0.597. The second-order valence-corrected chi connectivity index (χ2v) is 6.06. The number of hydrogen-bond acceptors (Lipinski definition) is 3. The molecule has 0 bridgehead atoms. The first kappa shape index (κ1) is 14.2. The highest BCUT2D eigenvalue weighted by atomic mass is 32.2. The van der Waals surface area contributed by atoms with Crippen molar-refractivity contribution in [1.82, 2.24) is 0 Å². The number of nitrogens with two attached hydrogens (primary N) is 1. The van der Waals surface area contributed by atoms with Gasteiger partial charge in [-0.2, -0.15) is 0 Å². The third-order valence-corrected chi connectivity index (χ3v) is 4.50. The lowest BCUT2D eigenvalue weighted by molar-refractivity contribution is 0.357. The van der Waals surface area contributed by atoms with Crippen molar-refractivity contribution >= 4 is 17.4 Å². The van der Waals surface area contributed by atoms with E-state index in [-0.39, 0.29) is 10.6 Å². The molecule has 2 N–H and O–H groups in total. The Kier molecular flexibility index (Phi) is 4.01. The molecule has 0 aromatic heterocycles. The van der Waals surface area contributed by atoms with Crippen LogP contribution < -0.4 is 10.5 Å². The molecule has 2 nitrogen and oxygen atoms in total. The molecule has 110 valence electrons. The van der Waals surface area contributed by atoms with E-state index in [1.54, 1.807) is 0 Å². The number of nitrogen functional groups attached to an aromatic ring is 1. The molecular formula is C16H15F2NOS. The monoisotopic (exact) mass is 307 g/mol. The number of rotatable bonds is 4. The molecule has 2 aromatic rings. The summed E-state index contributed by atoms with van der Waals surface area (Å²) in [5.74, 6) is 0.360. The maximum Gasteiger partial charge on any atom is 0.141 e.